The van der Waals surface area contributed by atoms with E-state index in [4.69, 9.17) is 14.6 Å². The van der Waals surface area contributed by atoms with Gasteiger partial charge in [-0.3, -0.25) is 4.79 Å². The second kappa shape index (κ2) is 5.99. The monoisotopic (exact) mass is 364 g/mol. The molecule has 2 aromatic rings. The SMILES string of the molecule is O=C(O)[C@@H]1C[C@H](F)CN1C(=O)c1csc(-c2ccc3c(c2)OCO3)n1. The number of carboxylic acids is 1. The van der Waals surface area contributed by atoms with Crippen LogP contribution in [0.15, 0.2) is 23.6 Å². The predicted octanol–water partition coefficient (Wildman–Crippen LogP) is 2.18. The molecule has 2 atom stereocenters. The van der Waals surface area contributed by atoms with E-state index in [9.17, 15) is 14.0 Å². The molecule has 7 nitrogen and oxygen atoms in total. The highest BCUT2D eigenvalue weighted by Gasteiger charge is 2.40. The van der Waals surface area contributed by atoms with Crippen molar-refractivity contribution in [1.82, 2.24) is 9.88 Å². The molecule has 25 heavy (non-hydrogen) atoms. The summed E-state index contributed by atoms with van der Waals surface area (Å²) in [5.41, 5.74) is 0.867. The van der Waals surface area contributed by atoms with Gasteiger partial charge in [-0.25, -0.2) is 14.2 Å². The van der Waals surface area contributed by atoms with Gasteiger partial charge in [0.1, 0.15) is 22.9 Å². The summed E-state index contributed by atoms with van der Waals surface area (Å²) in [4.78, 5) is 29.1. The third kappa shape index (κ3) is 2.80. The number of ether oxygens (including phenoxy) is 2. The Morgan fingerprint density at radius 3 is 2.92 bits per heavy atom. The molecule has 0 radical (unpaired) electrons. The largest absolute Gasteiger partial charge is 0.480 e. The fourth-order valence-corrected chi connectivity index (χ4v) is 3.72. The van der Waals surface area contributed by atoms with E-state index in [-0.39, 0.29) is 25.5 Å². The summed E-state index contributed by atoms with van der Waals surface area (Å²) < 4.78 is 24.1. The third-order valence-corrected chi connectivity index (χ3v) is 5.03. The summed E-state index contributed by atoms with van der Waals surface area (Å²) >= 11 is 1.25. The van der Waals surface area contributed by atoms with Crippen LogP contribution in [-0.2, 0) is 4.79 Å². The number of nitrogens with zero attached hydrogens (tertiary/aromatic N) is 2. The summed E-state index contributed by atoms with van der Waals surface area (Å²) in [7, 11) is 0. The maximum absolute atomic E-state index is 13.6. The van der Waals surface area contributed by atoms with Crippen molar-refractivity contribution in [3.8, 4) is 22.1 Å². The number of aliphatic carboxylic acids is 1. The lowest BCUT2D eigenvalue weighted by atomic mass is 10.2. The minimum absolute atomic E-state index is 0.109. The molecule has 1 fully saturated rings. The van der Waals surface area contributed by atoms with E-state index in [1.165, 1.54) is 11.3 Å². The van der Waals surface area contributed by atoms with Gasteiger partial charge in [0.05, 0.1) is 6.54 Å². The first-order chi connectivity index (χ1) is 12.0. The van der Waals surface area contributed by atoms with Crippen LogP contribution in [0.4, 0.5) is 4.39 Å². The third-order valence-electron chi connectivity index (χ3n) is 4.14. The molecule has 0 aliphatic carbocycles. The molecule has 3 heterocycles. The number of hydrogen-bond donors (Lipinski definition) is 1. The quantitative estimate of drug-likeness (QED) is 0.898. The highest BCUT2D eigenvalue weighted by Crippen LogP contribution is 2.37. The number of fused-ring (bicyclic) bond motifs is 1. The van der Waals surface area contributed by atoms with Crippen molar-refractivity contribution in [2.24, 2.45) is 0 Å². The van der Waals surface area contributed by atoms with Crippen molar-refractivity contribution in [3.05, 3.63) is 29.3 Å². The molecule has 1 aromatic heterocycles. The summed E-state index contributed by atoms with van der Waals surface area (Å²) in [6.07, 6.45) is -1.53. The molecule has 0 spiro atoms. The second-order valence-electron chi connectivity index (χ2n) is 5.75. The molecule has 0 unspecified atom stereocenters. The van der Waals surface area contributed by atoms with Crippen LogP contribution in [0.3, 0.4) is 0 Å². The zero-order valence-electron chi connectivity index (χ0n) is 12.8. The zero-order chi connectivity index (χ0) is 17.6. The molecule has 2 aliphatic heterocycles. The number of amides is 1. The van der Waals surface area contributed by atoms with Crippen LogP contribution in [0.1, 0.15) is 16.9 Å². The normalized spacial score (nSPS) is 21.6. The van der Waals surface area contributed by atoms with E-state index in [0.29, 0.717) is 16.5 Å². The maximum atomic E-state index is 13.6. The second-order valence-corrected chi connectivity index (χ2v) is 6.61. The summed E-state index contributed by atoms with van der Waals surface area (Å²) in [6, 6.07) is 4.17. The minimum atomic E-state index is -1.34. The Hall–Kier alpha value is -2.68. The van der Waals surface area contributed by atoms with Crippen molar-refractivity contribution in [2.45, 2.75) is 18.6 Å². The number of aromatic nitrogens is 1. The summed E-state index contributed by atoms with van der Waals surface area (Å²) in [5.74, 6) is -0.534. The van der Waals surface area contributed by atoms with Crippen molar-refractivity contribution >= 4 is 23.2 Å². The molecule has 2 aliphatic rings. The van der Waals surface area contributed by atoms with E-state index in [1.807, 2.05) is 0 Å². The van der Waals surface area contributed by atoms with Gasteiger partial charge in [-0.1, -0.05) is 0 Å². The number of carbonyl (C=O) groups is 2. The van der Waals surface area contributed by atoms with Crippen LogP contribution in [-0.4, -0.2) is 52.4 Å². The van der Waals surface area contributed by atoms with Gasteiger partial charge in [0.15, 0.2) is 11.5 Å². The Kier molecular flexibility index (Phi) is 3.79. The van der Waals surface area contributed by atoms with Crippen LogP contribution in [0.25, 0.3) is 10.6 Å². The first-order valence-electron chi connectivity index (χ1n) is 7.56. The Balaban J connectivity index is 1.58. The Morgan fingerprint density at radius 1 is 1.32 bits per heavy atom. The van der Waals surface area contributed by atoms with Crippen molar-refractivity contribution in [2.75, 3.05) is 13.3 Å². The highest BCUT2D eigenvalue weighted by molar-refractivity contribution is 7.13. The molecule has 130 valence electrons. The Labute approximate surface area is 145 Å². The Morgan fingerprint density at radius 2 is 2.12 bits per heavy atom. The van der Waals surface area contributed by atoms with E-state index in [0.717, 1.165) is 10.5 Å². The van der Waals surface area contributed by atoms with E-state index in [1.54, 1.807) is 23.6 Å². The topological polar surface area (TPSA) is 89.0 Å². The smallest absolute Gasteiger partial charge is 0.326 e. The molecule has 4 rings (SSSR count). The van der Waals surface area contributed by atoms with Crippen LogP contribution in [0.2, 0.25) is 0 Å². The van der Waals surface area contributed by atoms with Gasteiger partial charge in [0, 0.05) is 17.4 Å². The van der Waals surface area contributed by atoms with Gasteiger partial charge in [-0.05, 0) is 18.2 Å². The molecular weight excluding hydrogens is 351 g/mol. The fourth-order valence-electron chi connectivity index (χ4n) is 2.92. The van der Waals surface area contributed by atoms with Crippen LogP contribution in [0, 0.1) is 0 Å². The van der Waals surface area contributed by atoms with Crippen molar-refractivity contribution in [3.63, 3.8) is 0 Å². The number of thiazole rings is 1. The number of carboxylic acid groups (broad SMARTS) is 1. The highest BCUT2D eigenvalue weighted by atomic mass is 32.1. The van der Waals surface area contributed by atoms with E-state index in [2.05, 4.69) is 4.98 Å². The van der Waals surface area contributed by atoms with Crippen LogP contribution >= 0.6 is 11.3 Å². The number of likely N-dealkylation sites (tertiary alicyclic amines) is 1. The number of halogens is 1. The van der Waals surface area contributed by atoms with Gasteiger partial charge in [-0.15, -0.1) is 11.3 Å². The number of alkyl halides is 1. The summed E-state index contributed by atoms with van der Waals surface area (Å²) in [6.45, 7) is -0.0665. The average Bonchev–Trinajstić information content (AvgIpc) is 3.32. The number of benzene rings is 1. The Bertz CT molecular complexity index is 855. The average molecular weight is 364 g/mol. The van der Waals surface area contributed by atoms with Gasteiger partial charge in [-0.2, -0.15) is 0 Å². The molecule has 1 amide bonds. The molecule has 1 saturated heterocycles. The number of carbonyl (C=O) groups excluding carboxylic acids is 1. The van der Waals surface area contributed by atoms with Crippen LogP contribution in [0.5, 0.6) is 11.5 Å². The zero-order valence-corrected chi connectivity index (χ0v) is 13.7. The molecule has 1 N–H and O–H groups in total. The fraction of sp³-hybridized carbons (Fsp3) is 0.312. The lowest BCUT2D eigenvalue weighted by Crippen LogP contribution is -2.40. The lowest BCUT2D eigenvalue weighted by molar-refractivity contribution is -0.141. The minimum Gasteiger partial charge on any atom is -0.480 e. The molecule has 9 heteroatoms. The van der Waals surface area contributed by atoms with E-state index >= 15 is 0 Å². The summed E-state index contributed by atoms with van der Waals surface area (Å²) in [5, 5.41) is 11.3. The van der Waals surface area contributed by atoms with Gasteiger partial charge in [0.25, 0.3) is 5.91 Å². The number of rotatable bonds is 3. The van der Waals surface area contributed by atoms with Crippen molar-refractivity contribution in [1.29, 1.82) is 0 Å². The maximum Gasteiger partial charge on any atom is 0.326 e. The van der Waals surface area contributed by atoms with Crippen LogP contribution < -0.4 is 9.47 Å². The van der Waals surface area contributed by atoms with Gasteiger partial charge >= 0.3 is 5.97 Å². The standard InChI is InChI=1S/C16H13FN2O5S/c17-9-4-11(16(21)22)19(5-9)15(20)10-6-25-14(18-10)8-1-2-12-13(3-8)24-7-23-12/h1-3,6,9,11H,4-5,7H2,(H,21,22)/t9-,11-/m0/s1. The molecule has 0 bridgehead atoms. The molecule has 0 saturated carbocycles. The van der Waals surface area contributed by atoms with E-state index < -0.39 is 24.1 Å². The lowest BCUT2D eigenvalue weighted by Gasteiger charge is -2.19. The first-order valence-corrected chi connectivity index (χ1v) is 8.44. The molecular formula is C16H13FN2O5S. The predicted molar refractivity (Wildman–Crippen MR) is 85.6 cm³/mol. The number of hydrogen-bond acceptors (Lipinski definition) is 6. The van der Waals surface area contributed by atoms with Gasteiger partial charge < -0.3 is 19.5 Å². The van der Waals surface area contributed by atoms with Crippen molar-refractivity contribution < 1.29 is 28.6 Å². The molecule has 1 aromatic carbocycles. The first kappa shape index (κ1) is 15.8. The van der Waals surface area contributed by atoms with Gasteiger partial charge in [0.2, 0.25) is 6.79 Å².